The summed E-state index contributed by atoms with van der Waals surface area (Å²) in [6.07, 6.45) is 10.6. The van der Waals surface area contributed by atoms with Gasteiger partial charge >= 0.3 is 6.03 Å². The van der Waals surface area contributed by atoms with Crippen LogP contribution in [0.3, 0.4) is 0 Å². The first-order valence-corrected chi connectivity index (χ1v) is 19.8. The van der Waals surface area contributed by atoms with Crippen molar-refractivity contribution in [1.82, 2.24) is 19.4 Å². The Morgan fingerprint density at radius 2 is 1.45 bits per heavy atom. The van der Waals surface area contributed by atoms with E-state index in [4.69, 9.17) is 0 Å². The summed E-state index contributed by atoms with van der Waals surface area (Å²) in [6, 6.07) is 15.8. The minimum absolute atomic E-state index is 0.0160. The summed E-state index contributed by atoms with van der Waals surface area (Å²) in [5.41, 5.74) is 2.61. The third-order valence-corrected chi connectivity index (χ3v) is 13.2. The summed E-state index contributed by atoms with van der Waals surface area (Å²) in [4.78, 5) is 44.3. The van der Waals surface area contributed by atoms with Gasteiger partial charge in [0.2, 0.25) is 10.0 Å². The van der Waals surface area contributed by atoms with Gasteiger partial charge in [-0.3, -0.25) is 19.8 Å². The molecule has 1 aliphatic heterocycles. The molecule has 2 aliphatic carbocycles. The number of imide groups is 1. The third kappa shape index (κ3) is 8.09. The minimum Gasteiger partial charge on any atom is -0.331 e. The Labute approximate surface area is 293 Å². The van der Waals surface area contributed by atoms with Crippen molar-refractivity contribution < 1.29 is 22.8 Å². The molecule has 49 heavy (non-hydrogen) atoms. The monoisotopic (exact) mass is 705 g/mol. The predicted molar refractivity (Wildman–Crippen MR) is 192 cm³/mol. The Kier molecular flexibility index (Phi) is 11.2. The number of hydrogen-bond acceptors (Lipinski definition) is 7. The molecule has 0 bridgehead atoms. The summed E-state index contributed by atoms with van der Waals surface area (Å²) in [5, 5.41) is 5.75. The Morgan fingerprint density at radius 1 is 0.837 bits per heavy atom. The van der Waals surface area contributed by atoms with Crippen LogP contribution < -0.4 is 10.6 Å². The van der Waals surface area contributed by atoms with Crippen molar-refractivity contribution >= 4 is 44.2 Å². The van der Waals surface area contributed by atoms with E-state index in [-0.39, 0.29) is 22.5 Å². The number of urea groups is 1. The molecule has 2 saturated carbocycles. The summed E-state index contributed by atoms with van der Waals surface area (Å²) < 4.78 is 30.1. The van der Waals surface area contributed by atoms with Crippen LogP contribution in [0.15, 0.2) is 59.5 Å². The number of nitrogens with zero attached hydrogens (tertiary/aromatic N) is 3. The Morgan fingerprint density at radius 3 is 2.04 bits per heavy atom. The molecule has 4 amide bonds. The standard InChI is InChI=1S/C37H47N5O5S2/c1-40(2)37(45)39-35(44)33-31-22-23-41(24-26-12-6-3-7-13-26)25-32(31)48-36(33)38-34(43)27-18-20-30(21-19-27)49(46,47)42(28-14-8-4-9-15-28)29-16-10-5-11-17-29/h3,6-7,12-13,18-21,28-29H,4-5,8-11,14-17,22-25H2,1-2H3,(H,38,43)(H,39,44,45). The topological polar surface area (TPSA) is 119 Å². The van der Waals surface area contributed by atoms with Crippen LogP contribution in [-0.4, -0.2) is 73.1 Å². The number of fused-ring (bicyclic) bond motifs is 1. The third-order valence-electron chi connectivity index (χ3n) is 10.0. The Hall–Kier alpha value is -3.58. The normalized spacial score (nSPS) is 17.8. The van der Waals surface area contributed by atoms with E-state index in [1.165, 1.54) is 33.9 Å². The van der Waals surface area contributed by atoms with Gasteiger partial charge in [-0.1, -0.05) is 68.9 Å². The highest BCUT2D eigenvalue weighted by atomic mass is 32.2. The molecule has 262 valence electrons. The second-order valence-electron chi connectivity index (χ2n) is 13.7. The fourth-order valence-electron chi connectivity index (χ4n) is 7.47. The van der Waals surface area contributed by atoms with Gasteiger partial charge in [0, 0.05) is 56.3 Å². The smallest absolute Gasteiger partial charge is 0.323 e. The molecule has 0 atom stereocenters. The van der Waals surface area contributed by atoms with E-state index < -0.39 is 27.9 Å². The maximum Gasteiger partial charge on any atom is 0.323 e. The van der Waals surface area contributed by atoms with Gasteiger partial charge in [-0.05, 0) is 67.5 Å². The van der Waals surface area contributed by atoms with E-state index in [1.807, 2.05) is 22.5 Å². The molecular formula is C37H47N5O5S2. The number of carbonyl (C=O) groups excluding carboxylic acids is 3. The summed E-state index contributed by atoms with van der Waals surface area (Å²) in [6.45, 7) is 2.09. The maximum absolute atomic E-state index is 14.2. The van der Waals surface area contributed by atoms with Gasteiger partial charge in [0.05, 0.1) is 10.5 Å². The predicted octanol–water partition coefficient (Wildman–Crippen LogP) is 6.63. The number of hydrogen-bond donors (Lipinski definition) is 2. The van der Waals surface area contributed by atoms with Gasteiger partial charge in [0.1, 0.15) is 5.00 Å². The Bertz CT molecular complexity index is 1730. The number of carbonyl (C=O) groups is 3. The minimum atomic E-state index is -3.76. The summed E-state index contributed by atoms with van der Waals surface area (Å²) >= 11 is 1.34. The number of benzene rings is 2. The Balaban J connectivity index is 1.23. The first kappa shape index (κ1) is 35.3. The number of thiophene rings is 1. The quantitative estimate of drug-likeness (QED) is 0.258. The van der Waals surface area contributed by atoms with Gasteiger partial charge in [0.15, 0.2) is 0 Å². The van der Waals surface area contributed by atoms with Crippen LogP contribution in [0, 0.1) is 0 Å². The largest absolute Gasteiger partial charge is 0.331 e. The van der Waals surface area contributed by atoms with Crippen molar-refractivity contribution in [2.75, 3.05) is 26.0 Å². The van der Waals surface area contributed by atoms with Crippen molar-refractivity contribution in [2.45, 2.75) is 101 Å². The molecule has 1 aromatic heterocycles. The lowest BCUT2D eigenvalue weighted by atomic mass is 9.91. The van der Waals surface area contributed by atoms with Crippen LogP contribution in [0.4, 0.5) is 9.80 Å². The zero-order valence-corrected chi connectivity index (χ0v) is 30.1. The lowest BCUT2D eigenvalue weighted by molar-refractivity contribution is 0.0956. The average Bonchev–Trinajstić information content (AvgIpc) is 3.46. The number of amides is 4. The number of rotatable bonds is 9. The molecule has 2 heterocycles. The molecule has 10 nitrogen and oxygen atoms in total. The van der Waals surface area contributed by atoms with Crippen LogP contribution in [0.5, 0.6) is 0 Å². The molecule has 2 aromatic carbocycles. The highest BCUT2D eigenvalue weighted by Crippen LogP contribution is 2.38. The number of sulfonamides is 1. The molecule has 0 radical (unpaired) electrons. The van der Waals surface area contributed by atoms with E-state index >= 15 is 0 Å². The number of anilines is 1. The zero-order chi connectivity index (χ0) is 34.5. The van der Waals surface area contributed by atoms with Gasteiger partial charge in [0.25, 0.3) is 11.8 Å². The van der Waals surface area contributed by atoms with E-state index in [0.717, 1.165) is 87.7 Å². The molecule has 6 rings (SSSR count). The van der Waals surface area contributed by atoms with Crippen LogP contribution in [0.2, 0.25) is 0 Å². The number of nitrogens with one attached hydrogen (secondary N) is 2. The van der Waals surface area contributed by atoms with Crippen molar-refractivity contribution in [3.8, 4) is 0 Å². The highest BCUT2D eigenvalue weighted by molar-refractivity contribution is 7.89. The van der Waals surface area contributed by atoms with Crippen molar-refractivity contribution in [1.29, 1.82) is 0 Å². The first-order valence-electron chi connectivity index (χ1n) is 17.5. The maximum atomic E-state index is 14.2. The van der Waals surface area contributed by atoms with Crippen LogP contribution in [0.25, 0.3) is 0 Å². The zero-order valence-electron chi connectivity index (χ0n) is 28.4. The van der Waals surface area contributed by atoms with Gasteiger partial charge < -0.3 is 10.2 Å². The fourth-order valence-corrected chi connectivity index (χ4v) is 10.7. The second kappa shape index (κ2) is 15.5. The summed E-state index contributed by atoms with van der Waals surface area (Å²) in [5.74, 6) is -1.01. The molecule has 3 aromatic rings. The molecular weight excluding hydrogens is 659 g/mol. The first-order chi connectivity index (χ1) is 23.6. The fraction of sp³-hybridized carbons (Fsp3) is 0.486. The molecule has 0 unspecified atom stereocenters. The van der Waals surface area contributed by atoms with Gasteiger partial charge in [-0.15, -0.1) is 11.3 Å². The van der Waals surface area contributed by atoms with E-state index in [0.29, 0.717) is 23.5 Å². The van der Waals surface area contributed by atoms with E-state index in [1.54, 1.807) is 26.2 Å². The van der Waals surface area contributed by atoms with Crippen molar-refractivity contribution in [3.63, 3.8) is 0 Å². The molecule has 2 fully saturated rings. The van der Waals surface area contributed by atoms with Crippen LogP contribution in [0.1, 0.15) is 101 Å². The average molecular weight is 706 g/mol. The second-order valence-corrected chi connectivity index (χ2v) is 16.7. The summed E-state index contributed by atoms with van der Waals surface area (Å²) in [7, 11) is -0.641. The lowest BCUT2D eigenvalue weighted by Crippen LogP contribution is -2.48. The van der Waals surface area contributed by atoms with E-state index in [2.05, 4.69) is 27.7 Å². The van der Waals surface area contributed by atoms with Crippen molar-refractivity contribution in [3.05, 3.63) is 81.7 Å². The van der Waals surface area contributed by atoms with Gasteiger partial charge in [-0.25, -0.2) is 13.2 Å². The molecule has 3 aliphatic rings. The SMILES string of the molecule is CN(C)C(=O)NC(=O)c1c(NC(=O)c2ccc(S(=O)(=O)N(C3CCCCC3)C3CCCCC3)cc2)sc2c1CCN(Cc1ccccc1)C2. The van der Waals surface area contributed by atoms with E-state index in [9.17, 15) is 22.8 Å². The molecule has 12 heteroatoms. The van der Waals surface area contributed by atoms with Crippen LogP contribution >= 0.6 is 11.3 Å². The molecule has 0 saturated heterocycles. The van der Waals surface area contributed by atoms with Gasteiger partial charge in [-0.2, -0.15) is 4.31 Å². The highest BCUT2D eigenvalue weighted by Gasteiger charge is 2.38. The van der Waals surface area contributed by atoms with Crippen molar-refractivity contribution in [2.24, 2.45) is 0 Å². The lowest BCUT2D eigenvalue weighted by Gasteiger charge is -2.40. The molecule has 2 N–H and O–H groups in total. The van der Waals surface area contributed by atoms with Crippen LogP contribution in [-0.2, 0) is 29.5 Å². The molecule has 0 spiro atoms.